The molecule has 0 unspecified atom stereocenters. The number of carbonyl (C=O) groups is 1. The molecule has 1 aliphatic rings. The van der Waals surface area contributed by atoms with Crippen LogP contribution in [0.3, 0.4) is 0 Å². The minimum atomic E-state index is -0.0305. The lowest BCUT2D eigenvalue weighted by Gasteiger charge is -2.33. The molecular formula is C28H35N3O2S. The second-order valence-electron chi connectivity index (χ2n) is 9.19. The molecule has 0 bridgehead atoms. The standard InChI is InChI=1S/C28H35N3O2S/c1-20-8-14-25(15-9-20)34-19-26-22(3)33-28(30-26)24-12-10-23(11-13-24)27(32)29-16-6-18-31-17-5-4-7-21(31)2/h8-15,21H,4-7,16-19H2,1-3H3,(H,29,32)/t21-/m1/s1. The maximum Gasteiger partial charge on any atom is 0.251 e. The smallest absolute Gasteiger partial charge is 0.251 e. The van der Waals surface area contributed by atoms with E-state index < -0.39 is 0 Å². The summed E-state index contributed by atoms with van der Waals surface area (Å²) < 4.78 is 5.92. The first-order chi connectivity index (χ1) is 16.5. The maximum absolute atomic E-state index is 12.5. The minimum Gasteiger partial charge on any atom is -0.441 e. The second-order valence-corrected chi connectivity index (χ2v) is 10.2. The maximum atomic E-state index is 12.5. The number of aromatic nitrogens is 1. The van der Waals surface area contributed by atoms with E-state index in [9.17, 15) is 4.79 Å². The Morgan fingerprint density at radius 1 is 1.12 bits per heavy atom. The van der Waals surface area contributed by atoms with E-state index in [4.69, 9.17) is 9.40 Å². The third-order valence-corrected chi connectivity index (χ3v) is 7.55. The molecule has 1 fully saturated rings. The van der Waals surface area contributed by atoms with Crippen molar-refractivity contribution in [2.45, 2.75) is 63.1 Å². The molecule has 1 aromatic heterocycles. The SMILES string of the molecule is Cc1ccc(SCc2nc(-c3ccc(C(=O)NCCCN4CCCC[C@H]4C)cc3)oc2C)cc1. The molecule has 6 heteroatoms. The summed E-state index contributed by atoms with van der Waals surface area (Å²) in [7, 11) is 0. The first-order valence-electron chi connectivity index (χ1n) is 12.3. The van der Waals surface area contributed by atoms with E-state index >= 15 is 0 Å². The van der Waals surface area contributed by atoms with Crippen molar-refractivity contribution >= 4 is 17.7 Å². The van der Waals surface area contributed by atoms with Gasteiger partial charge in [-0.1, -0.05) is 24.1 Å². The lowest BCUT2D eigenvalue weighted by molar-refractivity contribution is 0.0949. The number of amides is 1. The van der Waals surface area contributed by atoms with Crippen molar-refractivity contribution in [3.05, 3.63) is 71.1 Å². The molecule has 2 aromatic carbocycles. The summed E-state index contributed by atoms with van der Waals surface area (Å²) in [5.41, 5.74) is 3.75. The van der Waals surface area contributed by atoms with Crippen LogP contribution in [-0.2, 0) is 5.75 Å². The van der Waals surface area contributed by atoms with Gasteiger partial charge < -0.3 is 14.6 Å². The molecular weight excluding hydrogens is 442 g/mol. The molecule has 0 aliphatic carbocycles. The average molecular weight is 478 g/mol. The van der Waals surface area contributed by atoms with Gasteiger partial charge in [0.05, 0.1) is 5.69 Å². The van der Waals surface area contributed by atoms with Crippen LogP contribution in [-0.4, -0.2) is 41.5 Å². The number of benzene rings is 2. The molecule has 5 nitrogen and oxygen atoms in total. The van der Waals surface area contributed by atoms with Gasteiger partial charge in [0.1, 0.15) is 5.76 Å². The summed E-state index contributed by atoms with van der Waals surface area (Å²) in [6.45, 7) is 9.28. The molecule has 0 saturated carbocycles. The summed E-state index contributed by atoms with van der Waals surface area (Å²) >= 11 is 1.75. The number of oxazole rings is 1. The zero-order valence-corrected chi connectivity index (χ0v) is 21.3. The van der Waals surface area contributed by atoms with Crippen LogP contribution in [0.25, 0.3) is 11.5 Å². The highest BCUT2D eigenvalue weighted by Gasteiger charge is 2.17. The fourth-order valence-electron chi connectivity index (χ4n) is 4.31. The normalized spacial score (nSPS) is 16.5. The van der Waals surface area contributed by atoms with E-state index in [1.165, 1.54) is 36.3 Å². The van der Waals surface area contributed by atoms with Gasteiger partial charge in [0.2, 0.25) is 5.89 Å². The quantitative estimate of drug-likeness (QED) is 0.292. The molecule has 3 aromatic rings. The second kappa shape index (κ2) is 11.7. The molecule has 0 radical (unpaired) electrons. The lowest BCUT2D eigenvalue weighted by Crippen LogP contribution is -2.39. The highest BCUT2D eigenvalue weighted by atomic mass is 32.2. The zero-order chi connectivity index (χ0) is 23.9. The predicted molar refractivity (Wildman–Crippen MR) is 139 cm³/mol. The molecule has 34 heavy (non-hydrogen) atoms. The number of piperidine rings is 1. The Morgan fingerprint density at radius 3 is 2.62 bits per heavy atom. The number of rotatable bonds is 9. The van der Waals surface area contributed by atoms with Crippen LogP contribution in [0.2, 0.25) is 0 Å². The number of thioether (sulfide) groups is 1. The predicted octanol–water partition coefficient (Wildman–Crippen LogP) is 6.25. The van der Waals surface area contributed by atoms with Crippen molar-refractivity contribution < 1.29 is 9.21 Å². The Morgan fingerprint density at radius 2 is 1.88 bits per heavy atom. The van der Waals surface area contributed by atoms with E-state index in [1.54, 1.807) is 11.8 Å². The first-order valence-corrected chi connectivity index (χ1v) is 13.3. The van der Waals surface area contributed by atoms with Crippen molar-refractivity contribution in [3.63, 3.8) is 0 Å². The van der Waals surface area contributed by atoms with Crippen molar-refractivity contribution in [1.82, 2.24) is 15.2 Å². The number of aryl methyl sites for hydroxylation is 2. The number of nitrogens with zero attached hydrogens (tertiary/aromatic N) is 2. The van der Waals surface area contributed by atoms with Gasteiger partial charge in [0, 0.05) is 40.9 Å². The van der Waals surface area contributed by atoms with Gasteiger partial charge in [-0.2, -0.15) is 0 Å². The fourth-order valence-corrected chi connectivity index (χ4v) is 5.21. The summed E-state index contributed by atoms with van der Waals surface area (Å²) in [5.74, 6) is 2.16. The highest BCUT2D eigenvalue weighted by molar-refractivity contribution is 7.98. The molecule has 180 valence electrons. The molecule has 1 N–H and O–H groups in total. The van der Waals surface area contributed by atoms with Crippen molar-refractivity contribution in [3.8, 4) is 11.5 Å². The van der Waals surface area contributed by atoms with Crippen LogP contribution in [0.5, 0.6) is 0 Å². The van der Waals surface area contributed by atoms with Gasteiger partial charge in [0.25, 0.3) is 5.91 Å². The van der Waals surface area contributed by atoms with E-state index in [0.717, 1.165) is 35.7 Å². The summed E-state index contributed by atoms with van der Waals surface area (Å²) in [6, 6.07) is 16.7. The third kappa shape index (κ3) is 6.51. The molecule has 0 spiro atoms. The van der Waals surface area contributed by atoms with Crippen LogP contribution in [0.15, 0.2) is 57.8 Å². The fraction of sp³-hybridized carbons (Fsp3) is 0.429. The Hall–Kier alpha value is -2.57. The van der Waals surface area contributed by atoms with Gasteiger partial charge in [-0.15, -0.1) is 11.8 Å². The molecule has 1 saturated heterocycles. The van der Waals surface area contributed by atoms with Crippen LogP contribution in [0.1, 0.15) is 60.0 Å². The van der Waals surface area contributed by atoms with E-state index in [0.29, 0.717) is 24.0 Å². The van der Waals surface area contributed by atoms with Gasteiger partial charge >= 0.3 is 0 Å². The van der Waals surface area contributed by atoms with Crippen LogP contribution in [0, 0.1) is 13.8 Å². The van der Waals surface area contributed by atoms with Gasteiger partial charge in [0.15, 0.2) is 0 Å². The largest absolute Gasteiger partial charge is 0.441 e. The molecule has 4 rings (SSSR count). The third-order valence-electron chi connectivity index (χ3n) is 6.53. The number of hydrogen-bond acceptors (Lipinski definition) is 5. The molecule has 2 heterocycles. The summed E-state index contributed by atoms with van der Waals surface area (Å²) in [5, 5.41) is 3.05. The summed E-state index contributed by atoms with van der Waals surface area (Å²) in [4.78, 5) is 21.0. The number of hydrogen-bond donors (Lipinski definition) is 1. The molecule has 1 amide bonds. The topological polar surface area (TPSA) is 58.4 Å². The van der Waals surface area contributed by atoms with Crippen LogP contribution < -0.4 is 5.32 Å². The van der Waals surface area contributed by atoms with E-state index in [1.807, 2.05) is 31.2 Å². The summed E-state index contributed by atoms with van der Waals surface area (Å²) in [6.07, 6.45) is 4.90. The van der Waals surface area contributed by atoms with Crippen LogP contribution in [0.4, 0.5) is 0 Å². The first kappa shape index (κ1) is 24.6. The minimum absolute atomic E-state index is 0.0305. The lowest BCUT2D eigenvalue weighted by atomic mass is 10.0. The van der Waals surface area contributed by atoms with Gasteiger partial charge in [-0.05, 0) is 83.0 Å². The Balaban J connectivity index is 1.27. The van der Waals surface area contributed by atoms with E-state index in [-0.39, 0.29) is 5.91 Å². The zero-order valence-electron chi connectivity index (χ0n) is 20.5. The van der Waals surface area contributed by atoms with Crippen molar-refractivity contribution in [2.75, 3.05) is 19.6 Å². The molecule has 1 aliphatic heterocycles. The van der Waals surface area contributed by atoms with Crippen LogP contribution >= 0.6 is 11.8 Å². The number of nitrogens with one attached hydrogen (secondary N) is 1. The van der Waals surface area contributed by atoms with Gasteiger partial charge in [-0.25, -0.2) is 4.98 Å². The number of carbonyl (C=O) groups excluding carboxylic acids is 1. The van der Waals surface area contributed by atoms with Crippen molar-refractivity contribution in [2.24, 2.45) is 0 Å². The molecule has 1 atom stereocenters. The number of likely N-dealkylation sites (tertiary alicyclic amines) is 1. The monoisotopic (exact) mass is 477 g/mol. The highest BCUT2D eigenvalue weighted by Crippen LogP contribution is 2.28. The Bertz CT molecular complexity index is 1080. The Labute approximate surface area is 207 Å². The van der Waals surface area contributed by atoms with E-state index in [2.05, 4.69) is 48.3 Å². The average Bonchev–Trinajstić information content (AvgIpc) is 3.23. The Kier molecular flexibility index (Phi) is 8.46. The van der Waals surface area contributed by atoms with Gasteiger partial charge in [-0.3, -0.25) is 4.79 Å². The van der Waals surface area contributed by atoms with Crippen molar-refractivity contribution in [1.29, 1.82) is 0 Å².